The van der Waals surface area contributed by atoms with E-state index in [-0.39, 0.29) is 17.5 Å². The van der Waals surface area contributed by atoms with Gasteiger partial charge < -0.3 is 9.57 Å². The Morgan fingerprint density at radius 1 is 1.14 bits per heavy atom. The minimum absolute atomic E-state index is 0.0267. The molecular weight excluding hydrogens is 354 g/mol. The average Bonchev–Trinajstić information content (AvgIpc) is 3.07. The van der Waals surface area contributed by atoms with Crippen molar-refractivity contribution in [1.29, 1.82) is 5.41 Å². The predicted molar refractivity (Wildman–Crippen MR) is 107 cm³/mol. The van der Waals surface area contributed by atoms with Gasteiger partial charge in [0.05, 0.1) is 5.57 Å². The SMILES string of the molecule is CC1=CC2=NC(=O)/C(=C\c3ccc(O[C@H](C)c4ccccc4)cc3)C(=N)N2O1. The van der Waals surface area contributed by atoms with E-state index in [1.165, 1.54) is 5.06 Å². The number of fused-ring (bicyclic) bond motifs is 1. The van der Waals surface area contributed by atoms with E-state index in [0.29, 0.717) is 11.6 Å². The third-order valence-electron chi connectivity index (χ3n) is 4.45. The molecule has 140 valence electrons. The molecule has 2 aromatic carbocycles. The number of carbonyl (C=O) groups is 1. The van der Waals surface area contributed by atoms with Crippen LogP contribution in [-0.2, 0) is 9.63 Å². The Morgan fingerprint density at radius 3 is 2.57 bits per heavy atom. The van der Waals surface area contributed by atoms with Gasteiger partial charge in [0.15, 0.2) is 11.7 Å². The monoisotopic (exact) mass is 373 g/mol. The van der Waals surface area contributed by atoms with Crippen LogP contribution in [0.25, 0.3) is 6.08 Å². The van der Waals surface area contributed by atoms with E-state index in [1.54, 1.807) is 19.1 Å². The number of ether oxygens (including phenoxy) is 1. The van der Waals surface area contributed by atoms with Crippen LogP contribution >= 0.6 is 0 Å². The molecule has 0 aromatic heterocycles. The molecule has 6 heteroatoms. The van der Waals surface area contributed by atoms with Crippen LogP contribution in [-0.4, -0.2) is 22.6 Å². The Balaban J connectivity index is 1.50. The van der Waals surface area contributed by atoms with Crippen LogP contribution in [0.15, 0.2) is 77.0 Å². The summed E-state index contributed by atoms with van der Waals surface area (Å²) in [6, 6.07) is 17.4. The van der Waals surface area contributed by atoms with E-state index in [0.717, 1.165) is 16.9 Å². The number of amides is 1. The molecule has 0 spiro atoms. The van der Waals surface area contributed by atoms with E-state index in [1.807, 2.05) is 61.5 Å². The van der Waals surface area contributed by atoms with Gasteiger partial charge in [-0.25, -0.2) is 0 Å². The molecule has 0 saturated heterocycles. The normalized spacial score (nSPS) is 18.4. The summed E-state index contributed by atoms with van der Waals surface area (Å²) in [7, 11) is 0. The fourth-order valence-electron chi connectivity index (χ4n) is 3.01. The maximum atomic E-state index is 12.3. The summed E-state index contributed by atoms with van der Waals surface area (Å²) in [5.74, 6) is 1.17. The van der Waals surface area contributed by atoms with Gasteiger partial charge >= 0.3 is 0 Å². The van der Waals surface area contributed by atoms with Gasteiger partial charge in [-0.2, -0.15) is 4.99 Å². The summed E-state index contributed by atoms with van der Waals surface area (Å²) < 4.78 is 5.97. The smallest absolute Gasteiger partial charge is 0.282 e. The number of allylic oxidation sites excluding steroid dienone is 1. The summed E-state index contributed by atoms with van der Waals surface area (Å²) in [4.78, 5) is 21.7. The van der Waals surface area contributed by atoms with Crippen molar-refractivity contribution in [3.63, 3.8) is 0 Å². The Bertz CT molecular complexity index is 1020. The van der Waals surface area contributed by atoms with Crippen LogP contribution < -0.4 is 4.74 Å². The molecule has 0 saturated carbocycles. The van der Waals surface area contributed by atoms with Gasteiger partial charge in [-0.15, -0.1) is 5.06 Å². The molecule has 0 fully saturated rings. The molecule has 1 amide bonds. The lowest BCUT2D eigenvalue weighted by atomic mass is 10.1. The number of rotatable bonds is 4. The van der Waals surface area contributed by atoms with E-state index in [9.17, 15) is 4.79 Å². The fourth-order valence-corrected chi connectivity index (χ4v) is 3.01. The molecule has 2 aliphatic rings. The van der Waals surface area contributed by atoms with Gasteiger partial charge in [0, 0.05) is 6.08 Å². The molecule has 2 aliphatic heterocycles. The van der Waals surface area contributed by atoms with Gasteiger partial charge in [-0.05, 0) is 43.2 Å². The molecule has 2 heterocycles. The number of aliphatic imine (C=N–C) groups is 1. The van der Waals surface area contributed by atoms with Gasteiger partial charge in [-0.1, -0.05) is 42.5 Å². The highest BCUT2D eigenvalue weighted by Gasteiger charge is 2.34. The summed E-state index contributed by atoms with van der Waals surface area (Å²) in [6.07, 6.45) is 3.18. The number of amidine groups is 2. The number of hydrogen-bond acceptors (Lipinski definition) is 4. The molecule has 28 heavy (non-hydrogen) atoms. The maximum absolute atomic E-state index is 12.3. The molecule has 0 radical (unpaired) electrons. The van der Waals surface area contributed by atoms with Crippen LogP contribution in [0.2, 0.25) is 0 Å². The number of nitrogens with one attached hydrogen (secondary N) is 1. The van der Waals surface area contributed by atoms with E-state index < -0.39 is 5.91 Å². The summed E-state index contributed by atoms with van der Waals surface area (Å²) in [5.41, 5.74) is 2.05. The summed E-state index contributed by atoms with van der Waals surface area (Å²) >= 11 is 0. The zero-order chi connectivity index (χ0) is 19.7. The van der Waals surface area contributed by atoms with Crippen molar-refractivity contribution in [1.82, 2.24) is 5.06 Å². The Morgan fingerprint density at radius 2 is 1.86 bits per heavy atom. The molecule has 2 aromatic rings. The van der Waals surface area contributed by atoms with Crippen molar-refractivity contribution in [3.05, 3.63) is 83.1 Å². The fraction of sp³-hybridized carbons (Fsp3) is 0.136. The minimum atomic E-state index is -0.455. The van der Waals surface area contributed by atoms with Crippen molar-refractivity contribution >= 4 is 23.7 Å². The van der Waals surface area contributed by atoms with Crippen LogP contribution in [0.1, 0.15) is 31.1 Å². The maximum Gasteiger partial charge on any atom is 0.282 e. The van der Waals surface area contributed by atoms with Crippen molar-refractivity contribution in [2.45, 2.75) is 20.0 Å². The first-order valence-electron chi connectivity index (χ1n) is 8.93. The van der Waals surface area contributed by atoms with E-state index in [2.05, 4.69) is 4.99 Å². The van der Waals surface area contributed by atoms with E-state index in [4.69, 9.17) is 15.0 Å². The molecule has 0 bridgehead atoms. The highest BCUT2D eigenvalue weighted by molar-refractivity contribution is 6.32. The lowest BCUT2D eigenvalue weighted by molar-refractivity contribution is -0.114. The molecule has 0 aliphatic carbocycles. The molecule has 1 atom stereocenters. The molecule has 6 nitrogen and oxygen atoms in total. The second-order valence-electron chi connectivity index (χ2n) is 6.56. The minimum Gasteiger partial charge on any atom is -0.486 e. The number of hydrogen-bond donors (Lipinski definition) is 1. The lowest BCUT2D eigenvalue weighted by Crippen LogP contribution is -2.38. The first-order valence-corrected chi connectivity index (χ1v) is 8.93. The highest BCUT2D eigenvalue weighted by Crippen LogP contribution is 2.25. The first-order chi connectivity index (χ1) is 13.5. The average molecular weight is 373 g/mol. The second kappa shape index (κ2) is 7.15. The zero-order valence-corrected chi connectivity index (χ0v) is 15.5. The van der Waals surface area contributed by atoms with Crippen molar-refractivity contribution in [2.24, 2.45) is 4.99 Å². The Labute approximate surface area is 162 Å². The third kappa shape index (κ3) is 3.44. The quantitative estimate of drug-likeness (QED) is 0.812. The van der Waals surface area contributed by atoms with Gasteiger partial charge in [0.2, 0.25) is 0 Å². The molecule has 1 N–H and O–H groups in total. The summed E-state index contributed by atoms with van der Waals surface area (Å²) in [6.45, 7) is 3.74. The Hall–Kier alpha value is -3.67. The Kier molecular flexibility index (Phi) is 4.53. The molecule has 4 rings (SSSR count). The lowest BCUT2D eigenvalue weighted by Gasteiger charge is -2.23. The number of nitrogens with zero attached hydrogens (tertiary/aromatic N) is 2. The third-order valence-corrected chi connectivity index (χ3v) is 4.45. The topological polar surface area (TPSA) is 75.0 Å². The number of hydroxylamine groups is 2. The van der Waals surface area contributed by atoms with Crippen LogP contribution in [0, 0.1) is 5.41 Å². The van der Waals surface area contributed by atoms with Gasteiger partial charge in [-0.3, -0.25) is 10.2 Å². The highest BCUT2D eigenvalue weighted by atomic mass is 16.7. The van der Waals surface area contributed by atoms with Crippen molar-refractivity contribution in [3.8, 4) is 5.75 Å². The standard InChI is InChI=1S/C22H19N3O3/c1-14-12-20-24-22(26)19(21(23)25(20)28-14)13-16-8-10-18(11-9-16)27-15(2)17-6-4-3-5-7-17/h3-13,15,23H,1-2H3/b19-13-,23-21?/t15-/m1/s1. The molecular formula is C22H19N3O3. The zero-order valence-electron chi connectivity index (χ0n) is 15.5. The number of benzene rings is 2. The summed E-state index contributed by atoms with van der Waals surface area (Å²) in [5, 5.41) is 9.50. The van der Waals surface area contributed by atoms with Crippen LogP contribution in [0.5, 0.6) is 5.75 Å². The largest absolute Gasteiger partial charge is 0.486 e. The van der Waals surface area contributed by atoms with Gasteiger partial charge in [0.25, 0.3) is 5.91 Å². The van der Waals surface area contributed by atoms with Crippen LogP contribution in [0.4, 0.5) is 0 Å². The van der Waals surface area contributed by atoms with Gasteiger partial charge in [0.1, 0.15) is 17.6 Å². The van der Waals surface area contributed by atoms with Crippen molar-refractivity contribution < 1.29 is 14.4 Å². The first kappa shape index (κ1) is 17.7. The van der Waals surface area contributed by atoms with E-state index >= 15 is 0 Å². The van der Waals surface area contributed by atoms with Crippen molar-refractivity contribution in [2.75, 3.05) is 0 Å². The second-order valence-corrected chi connectivity index (χ2v) is 6.56. The number of carbonyl (C=O) groups excluding carboxylic acids is 1. The van der Waals surface area contributed by atoms with Crippen LogP contribution in [0.3, 0.4) is 0 Å². The predicted octanol–water partition coefficient (Wildman–Crippen LogP) is 4.28. The molecule has 0 unspecified atom stereocenters.